The first-order valence-electron chi connectivity index (χ1n) is 6.94. The van der Waals surface area contributed by atoms with Crippen molar-refractivity contribution >= 4 is 5.97 Å². The van der Waals surface area contributed by atoms with Gasteiger partial charge in [0, 0.05) is 45.9 Å². The molecule has 5 heteroatoms. The summed E-state index contributed by atoms with van der Waals surface area (Å²) in [5, 5.41) is 8.99. The highest BCUT2D eigenvalue weighted by Crippen LogP contribution is 2.17. The van der Waals surface area contributed by atoms with Gasteiger partial charge in [0.2, 0.25) is 0 Å². The van der Waals surface area contributed by atoms with Crippen molar-refractivity contribution in [2.45, 2.75) is 25.8 Å². The molecule has 5 nitrogen and oxygen atoms in total. The summed E-state index contributed by atoms with van der Waals surface area (Å²) in [6, 6.07) is -0.352. The van der Waals surface area contributed by atoms with Crippen LogP contribution in [0.4, 0.5) is 0 Å². The molecule has 2 aliphatic heterocycles. The van der Waals surface area contributed by atoms with Gasteiger partial charge in [0.05, 0.1) is 0 Å². The molecule has 0 aromatic carbocycles. The first kappa shape index (κ1) is 13.8. The highest BCUT2D eigenvalue weighted by Gasteiger charge is 2.26. The van der Waals surface area contributed by atoms with E-state index in [9.17, 15) is 4.79 Å². The fourth-order valence-corrected chi connectivity index (χ4v) is 2.78. The molecule has 2 fully saturated rings. The maximum atomic E-state index is 10.9. The van der Waals surface area contributed by atoms with Gasteiger partial charge in [-0.2, -0.15) is 0 Å². The highest BCUT2D eigenvalue weighted by molar-refractivity contribution is 5.72. The van der Waals surface area contributed by atoms with Crippen LogP contribution in [0.3, 0.4) is 0 Å². The van der Waals surface area contributed by atoms with Gasteiger partial charge in [0.1, 0.15) is 6.04 Å². The quantitative estimate of drug-likeness (QED) is 0.794. The Hall–Kier alpha value is -0.650. The lowest BCUT2D eigenvalue weighted by Gasteiger charge is -2.38. The van der Waals surface area contributed by atoms with Crippen LogP contribution in [0.25, 0.3) is 0 Å². The lowest BCUT2D eigenvalue weighted by atomic mass is 9.99. The molecule has 2 saturated heterocycles. The van der Waals surface area contributed by atoms with Gasteiger partial charge in [-0.25, -0.2) is 0 Å². The van der Waals surface area contributed by atoms with Crippen molar-refractivity contribution in [3.8, 4) is 0 Å². The molecule has 1 N–H and O–H groups in total. The van der Waals surface area contributed by atoms with Crippen LogP contribution in [0.2, 0.25) is 0 Å². The molecule has 18 heavy (non-hydrogen) atoms. The number of nitrogens with zero attached hydrogens (tertiary/aromatic N) is 2. The number of carboxylic acid groups (broad SMARTS) is 1. The van der Waals surface area contributed by atoms with Crippen LogP contribution < -0.4 is 0 Å². The lowest BCUT2D eigenvalue weighted by Crippen LogP contribution is -2.52. The van der Waals surface area contributed by atoms with Crippen molar-refractivity contribution in [1.82, 2.24) is 9.80 Å². The minimum absolute atomic E-state index is 0.352. The van der Waals surface area contributed by atoms with E-state index in [1.807, 2.05) is 0 Å². The maximum absolute atomic E-state index is 10.9. The maximum Gasteiger partial charge on any atom is 0.320 e. The number of rotatable bonds is 4. The zero-order chi connectivity index (χ0) is 13.0. The molecule has 0 amide bonds. The molecular formula is C13H24N2O3. The molecule has 2 heterocycles. The smallest absolute Gasteiger partial charge is 0.320 e. The topological polar surface area (TPSA) is 53.0 Å². The van der Waals surface area contributed by atoms with Crippen molar-refractivity contribution < 1.29 is 14.6 Å². The second-order valence-electron chi connectivity index (χ2n) is 5.41. The first-order chi connectivity index (χ1) is 8.66. The van der Waals surface area contributed by atoms with E-state index in [-0.39, 0.29) is 6.04 Å². The van der Waals surface area contributed by atoms with Crippen LogP contribution in [0.15, 0.2) is 0 Å². The number of piperazine rings is 1. The molecule has 0 aliphatic carbocycles. The summed E-state index contributed by atoms with van der Waals surface area (Å²) in [6.45, 7) is 8.47. The van der Waals surface area contributed by atoms with Gasteiger partial charge in [-0.1, -0.05) is 0 Å². The van der Waals surface area contributed by atoms with Crippen LogP contribution >= 0.6 is 0 Å². The number of carbonyl (C=O) groups is 1. The third-order valence-electron chi connectivity index (χ3n) is 4.17. The Labute approximate surface area is 109 Å². The van der Waals surface area contributed by atoms with Crippen molar-refractivity contribution in [3.63, 3.8) is 0 Å². The molecular weight excluding hydrogens is 232 g/mol. The molecule has 1 unspecified atom stereocenters. The zero-order valence-corrected chi connectivity index (χ0v) is 11.2. The zero-order valence-electron chi connectivity index (χ0n) is 11.2. The number of aliphatic carboxylic acids is 1. The molecule has 0 aromatic heterocycles. The summed E-state index contributed by atoms with van der Waals surface area (Å²) >= 11 is 0. The van der Waals surface area contributed by atoms with Gasteiger partial charge in [-0.15, -0.1) is 0 Å². The van der Waals surface area contributed by atoms with E-state index in [1.165, 1.54) is 12.8 Å². The predicted octanol–water partition coefficient (Wildman–Crippen LogP) is 0.504. The number of carboxylic acids is 1. The lowest BCUT2D eigenvalue weighted by molar-refractivity contribution is -0.143. The molecule has 2 rings (SSSR count). The average molecular weight is 256 g/mol. The molecule has 0 aromatic rings. The fraction of sp³-hybridized carbons (Fsp3) is 0.923. The van der Waals surface area contributed by atoms with Crippen LogP contribution in [0.5, 0.6) is 0 Å². The van der Waals surface area contributed by atoms with E-state index < -0.39 is 5.97 Å². The fourth-order valence-electron chi connectivity index (χ4n) is 2.78. The largest absolute Gasteiger partial charge is 0.480 e. The normalized spacial score (nSPS) is 26.1. The molecule has 1 atom stereocenters. The molecule has 0 spiro atoms. The third kappa shape index (κ3) is 3.67. The van der Waals surface area contributed by atoms with Crippen LogP contribution in [-0.4, -0.2) is 72.9 Å². The van der Waals surface area contributed by atoms with Crippen molar-refractivity contribution in [3.05, 3.63) is 0 Å². The van der Waals surface area contributed by atoms with Gasteiger partial charge < -0.3 is 14.7 Å². The van der Waals surface area contributed by atoms with E-state index in [0.717, 1.165) is 51.9 Å². The minimum atomic E-state index is -0.715. The predicted molar refractivity (Wildman–Crippen MR) is 68.7 cm³/mol. The first-order valence-corrected chi connectivity index (χ1v) is 6.94. The summed E-state index contributed by atoms with van der Waals surface area (Å²) in [6.07, 6.45) is 2.34. The van der Waals surface area contributed by atoms with Gasteiger partial charge in [-0.05, 0) is 25.7 Å². The Morgan fingerprint density at radius 3 is 2.44 bits per heavy atom. The van der Waals surface area contributed by atoms with Crippen molar-refractivity contribution in [2.24, 2.45) is 5.92 Å². The van der Waals surface area contributed by atoms with Gasteiger partial charge in [0.25, 0.3) is 0 Å². The Morgan fingerprint density at radius 2 is 1.89 bits per heavy atom. The van der Waals surface area contributed by atoms with Crippen LogP contribution in [0.1, 0.15) is 19.8 Å². The number of ether oxygens (including phenoxy) is 1. The number of hydrogen-bond acceptors (Lipinski definition) is 4. The molecule has 104 valence electrons. The number of hydrogen-bond donors (Lipinski definition) is 1. The average Bonchev–Trinajstić information content (AvgIpc) is 2.40. The van der Waals surface area contributed by atoms with E-state index in [0.29, 0.717) is 0 Å². The Bertz CT molecular complexity index is 271. The van der Waals surface area contributed by atoms with Crippen LogP contribution in [-0.2, 0) is 9.53 Å². The summed E-state index contributed by atoms with van der Waals surface area (Å²) in [4.78, 5) is 15.5. The molecule has 0 saturated carbocycles. The van der Waals surface area contributed by atoms with Gasteiger partial charge in [0.15, 0.2) is 0 Å². The summed E-state index contributed by atoms with van der Waals surface area (Å²) in [5.74, 6) is 0.0510. The SMILES string of the molecule is CC(C(=O)O)N1CCN(CC2CCOCC2)CC1. The van der Waals surface area contributed by atoms with Crippen molar-refractivity contribution in [1.29, 1.82) is 0 Å². The third-order valence-corrected chi connectivity index (χ3v) is 4.17. The minimum Gasteiger partial charge on any atom is -0.480 e. The summed E-state index contributed by atoms with van der Waals surface area (Å²) in [5.41, 5.74) is 0. The van der Waals surface area contributed by atoms with Gasteiger partial charge >= 0.3 is 5.97 Å². The summed E-state index contributed by atoms with van der Waals surface area (Å²) in [7, 11) is 0. The monoisotopic (exact) mass is 256 g/mol. The second-order valence-corrected chi connectivity index (χ2v) is 5.41. The highest BCUT2D eigenvalue weighted by atomic mass is 16.5. The molecule has 0 radical (unpaired) electrons. The summed E-state index contributed by atoms with van der Waals surface area (Å²) < 4.78 is 5.37. The Balaban J connectivity index is 1.71. The van der Waals surface area contributed by atoms with Crippen LogP contribution in [0, 0.1) is 5.92 Å². The van der Waals surface area contributed by atoms with E-state index in [4.69, 9.17) is 9.84 Å². The Morgan fingerprint density at radius 1 is 1.28 bits per heavy atom. The van der Waals surface area contributed by atoms with Crippen molar-refractivity contribution in [2.75, 3.05) is 45.9 Å². The van der Waals surface area contributed by atoms with E-state index in [1.54, 1.807) is 6.92 Å². The standard InChI is InChI=1S/C13H24N2O3/c1-11(13(16)17)15-6-4-14(5-7-15)10-12-2-8-18-9-3-12/h11-12H,2-10H2,1H3,(H,16,17). The molecule has 2 aliphatic rings. The van der Waals surface area contributed by atoms with E-state index in [2.05, 4.69) is 9.80 Å². The molecule has 0 bridgehead atoms. The Kier molecular flexibility index (Phi) is 4.97. The van der Waals surface area contributed by atoms with Gasteiger partial charge in [-0.3, -0.25) is 9.69 Å². The van der Waals surface area contributed by atoms with E-state index >= 15 is 0 Å². The second kappa shape index (κ2) is 6.50.